The van der Waals surface area contributed by atoms with E-state index in [9.17, 15) is 0 Å². The SMILES string of the molecule is CN1C2CCC1CC(C(N)c1cccc3ccncc13)C2. The van der Waals surface area contributed by atoms with Gasteiger partial charge in [-0.2, -0.15) is 0 Å². The van der Waals surface area contributed by atoms with Crippen LogP contribution in [0, 0.1) is 5.92 Å². The zero-order valence-electron chi connectivity index (χ0n) is 12.6. The Morgan fingerprint density at radius 2 is 1.95 bits per heavy atom. The van der Waals surface area contributed by atoms with Crippen LogP contribution in [-0.2, 0) is 0 Å². The molecular formula is C18H23N3. The third kappa shape index (κ3) is 2.16. The molecule has 2 aliphatic heterocycles. The third-order valence-electron chi connectivity index (χ3n) is 5.72. The number of pyridine rings is 1. The average molecular weight is 281 g/mol. The number of benzene rings is 1. The Morgan fingerprint density at radius 1 is 1.19 bits per heavy atom. The van der Waals surface area contributed by atoms with Gasteiger partial charge < -0.3 is 10.6 Å². The quantitative estimate of drug-likeness (QED) is 0.919. The van der Waals surface area contributed by atoms with Gasteiger partial charge in [0.05, 0.1) is 0 Å². The predicted molar refractivity (Wildman–Crippen MR) is 86.0 cm³/mol. The Balaban J connectivity index is 1.66. The van der Waals surface area contributed by atoms with Gasteiger partial charge in [-0.05, 0) is 55.7 Å². The van der Waals surface area contributed by atoms with Gasteiger partial charge >= 0.3 is 0 Å². The fraction of sp³-hybridized carbons (Fsp3) is 0.500. The summed E-state index contributed by atoms with van der Waals surface area (Å²) in [4.78, 5) is 6.87. The van der Waals surface area contributed by atoms with Crippen LogP contribution in [0.4, 0.5) is 0 Å². The Kier molecular flexibility index (Phi) is 3.20. The molecule has 1 aromatic carbocycles. The zero-order chi connectivity index (χ0) is 14.4. The van der Waals surface area contributed by atoms with E-state index in [1.165, 1.54) is 42.0 Å². The van der Waals surface area contributed by atoms with E-state index in [-0.39, 0.29) is 6.04 Å². The third-order valence-corrected chi connectivity index (χ3v) is 5.72. The van der Waals surface area contributed by atoms with Gasteiger partial charge in [0.2, 0.25) is 0 Å². The molecule has 0 amide bonds. The maximum Gasteiger partial charge on any atom is 0.0349 e. The minimum Gasteiger partial charge on any atom is -0.324 e. The first-order valence-electron chi connectivity index (χ1n) is 8.04. The van der Waals surface area contributed by atoms with E-state index in [2.05, 4.69) is 41.2 Å². The number of hydrogen-bond acceptors (Lipinski definition) is 3. The van der Waals surface area contributed by atoms with Gasteiger partial charge in [0.1, 0.15) is 0 Å². The summed E-state index contributed by atoms with van der Waals surface area (Å²) in [6.45, 7) is 0. The Bertz CT molecular complexity index is 634. The predicted octanol–water partition coefficient (Wildman–Crippen LogP) is 3.11. The molecule has 2 fully saturated rings. The van der Waals surface area contributed by atoms with Crippen LogP contribution in [0.15, 0.2) is 36.7 Å². The number of aromatic nitrogens is 1. The summed E-state index contributed by atoms with van der Waals surface area (Å²) in [6.07, 6.45) is 9.00. The number of nitrogens with zero attached hydrogens (tertiary/aromatic N) is 2. The highest BCUT2D eigenvalue weighted by molar-refractivity contribution is 5.85. The molecule has 0 radical (unpaired) electrons. The van der Waals surface area contributed by atoms with Crippen LogP contribution in [-0.4, -0.2) is 29.0 Å². The van der Waals surface area contributed by atoms with Crippen molar-refractivity contribution in [1.29, 1.82) is 0 Å². The minimum atomic E-state index is 0.134. The van der Waals surface area contributed by atoms with Crippen molar-refractivity contribution in [2.45, 2.75) is 43.8 Å². The molecule has 3 unspecified atom stereocenters. The van der Waals surface area contributed by atoms with E-state index < -0.39 is 0 Å². The lowest BCUT2D eigenvalue weighted by atomic mass is 9.81. The summed E-state index contributed by atoms with van der Waals surface area (Å²) in [7, 11) is 2.28. The molecule has 2 bridgehead atoms. The lowest BCUT2D eigenvalue weighted by Crippen LogP contribution is -2.42. The molecule has 3 nitrogen and oxygen atoms in total. The summed E-state index contributed by atoms with van der Waals surface area (Å²) in [6, 6.07) is 10.2. The average Bonchev–Trinajstić information content (AvgIpc) is 2.75. The summed E-state index contributed by atoms with van der Waals surface area (Å²) in [5.41, 5.74) is 7.96. The standard InChI is InChI=1S/C18H23N3/c1-21-14-5-6-15(21)10-13(9-14)18(19)16-4-2-3-12-7-8-20-11-17(12)16/h2-4,7-8,11,13-15,18H,5-6,9-10,19H2,1H3. The number of piperidine rings is 1. The number of hydrogen-bond donors (Lipinski definition) is 1. The highest BCUT2D eigenvalue weighted by atomic mass is 15.2. The van der Waals surface area contributed by atoms with Crippen LogP contribution in [0.1, 0.15) is 37.3 Å². The van der Waals surface area contributed by atoms with Crippen molar-refractivity contribution in [1.82, 2.24) is 9.88 Å². The van der Waals surface area contributed by atoms with Crippen molar-refractivity contribution in [2.24, 2.45) is 11.7 Å². The summed E-state index contributed by atoms with van der Waals surface area (Å²) >= 11 is 0. The van der Waals surface area contributed by atoms with Crippen molar-refractivity contribution in [3.8, 4) is 0 Å². The minimum absolute atomic E-state index is 0.134. The largest absolute Gasteiger partial charge is 0.324 e. The first kappa shape index (κ1) is 13.2. The van der Waals surface area contributed by atoms with Crippen LogP contribution in [0.2, 0.25) is 0 Å². The maximum absolute atomic E-state index is 6.69. The zero-order valence-corrected chi connectivity index (χ0v) is 12.6. The van der Waals surface area contributed by atoms with Crippen LogP contribution in [0.5, 0.6) is 0 Å². The second-order valence-electron chi connectivity index (χ2n) is 6.75. The van der Waals surface area contributed by atoms with Gasteiger partial charge in [-0.25, -0.2) is 0 Å². The molecule has 3 heterocycles. The summed E-state index contributed by atoms with van der Waals surface area (Å²) < 4.78 is 0. The monoisotopic (exact) mass is 281 g/mol. The number of fused-ring (bicyclic) bond motifs is 3. The van der Waals surface area contributed by atoms with Crippen molar-refractivity contribution < 1.29 is 0 Å². The molecular weight excluding hydrogens is 258 g/mol. The Morgan fingerprint density at radius 3 is 2.71 bits per heavy atom. The first-order chi connectivity index (χ1) is 10.2. The Hall–Kier alpha value is -1.45. The van der Waals surface area contributed by atoms with Crippen molar-refractivity contribution in [3.63, 3.8) is 0 Å². The van der Waals surface area contributed by atoms with Gasteiger partial charge in [0.25, 0.3) is 0 Å². The van der Waals surface area contributed by atoms with Gasteiger partial charge in [-0.3, -0.25) is 4.98 Å². The normalized spacial score (nSPS) is 30.7. The topological polar surface area (TPSA) is 42.1 Å². The van der Waals surface area contributed by atoms with Gasteiger partial charge in [-0.15, -0.1) is 0 Å². The molecule has 110 valence electrons. The van der Waals surface area contributed by atoms with E-state index in [4.69, 9.17) is 5.73 Å². The lowest BCUT2D eigenvalue weighted by Gasteiger charge is -2.39. The maximum atomic E-state index is 6.69. The van der Waals surface area contributed by atoms with Crippen molar-refractivity contribution in [3.05, 3.63) is 42.2 Å². The molecule has 0 spiro atoms. The lowest BCUT2D eigenvalue weighted by molar-refractivity contribution is 0.121. The van der Waals surface area contributed by atoms with Crippen LogP contribution in [0.3, 0.4) is 0 Å². The molecule has 21 heavy (non-hydrogen) atoms. The van der Waals surface area contributed by atoms with Gasteiger partial charge in [0, 0.05) is 35.9 Å². The van der Waals surface area contributed by atoms with Crippen LogP contribution in [0.25, 0.3) is 10.8 Å². The molecule has 3 heteroatoms. The number of nitrogens with two attached hydrogens (primary N) is 1. The van der Waals surface area contributed by atoms with Crippen molar-refractivity contribution >= 4 is 10.8 Å². The Labute approximate surface area is 126 Å². The van der Waals surface area contributed by atoms with E-state index >= 15 is 0 Å². The second kappa shape index (κ2) is 5.08. The number of rotatable bonds is 2. The van der Waals surface area contributed by atoms with E-state index in [1.807, 2.05) is 12.4 Å². The van der Waals surface area contributed by atoms with Crippen LogP contribution >= 0.6 is 0 Å². The molecule has 2 N–H and O–H groups in total. The van der Waals surface area contributed by atoms with Crippen LogP contribution < -0.4 is 5.73 Å². The van der Waals surface area contributed by atoms with Gasteiger partial charge in [0.15, 0.2) is 0 Å². The first-order valence-corrected chi connectivity index (χ1v) is 8.04. The molecule has 3 atom stereocenters. The fourth-order valence-corrected chi connectivity index (χ4v) is 4.43. The van der Waals surface area contributed by atoms with E-state index in [0.29, 0.717) is 5.92 Å². The molecule has 4 rings (SSSR count). The van der Waals surface area contributed by atoms with E-state index in [0.717, 1.165) is 12.1 Å². The fourth-order valence-electron chi connectivity index (χ4n) is 4.43. The molecule has 1 aromatic heterocycles. The highest BCUT2D eigenvalue weighted by Gasteiger charge is 2.40. The molecule has 0 saturated carbocycles. The molecule has 0 aliphatic carbocycles. The highest BCUT2D eigenvalue weighted by Crippen LogP contribution is 2.42. The second-order valence-corrected chi connectivity index (χ2v) is 6.75. The van der Waals surface area contributed by atoms with Gasteiger partial charge in [-0.1, -0.05) is 18.2 Å². The molecule has 2 aliphatic rings. The van der Waals surface area contributed by atoms with E-state index in [1.54, 1.807) is 0 Å². The molecule has 2 aromatic rings. The summed E-state index contributed by atoms with van der Waals surface area (Å²) in [5, 5.41) is 2.47. The smallest absolute Gasteiger partial charge is 0.0349 e. The van der Waals surface area contributed by atoms with Crippen molar-refractivity contribution in [2.75, 3.05) is 7.05 Å². The summed E-state index contributed by atoms with van der Waals surface area (Å²) in [5.74, 6) is 0.601. The molecule has 2 saturated heterocycles.